The molecule has 1 aliphatic carbocycles. The molecule has 1 saturated carbocycles. The van der Waals surface area contributed by atoms with E-state index in [1.165, 1.54) is 12.1 Å². The van der Waals surface area contributed by atoms with E-state index in [0.29, 0.717) is 26.2 Å². The third-order valence-electron chi connectivity index (χ3n) is 8.29. The zero-order valence-electron chi connectivity index (χ0n) is 21.2. The van der Waals surface area contributed by atoms with Gasteiger partial charge in [0, 0.05) is 25.1 Å². The number of halogens is 3. The number of hydrogen-bond donors (Lipinski definition) is 2. The minimum atomic E-state index is -4.54. The number of ether oxygens (including phenoxy) is 1. The van der Waals surface area contributed by atoms with Gasteiger partial charge < -0.3 is 20.1 Å². The van der Waals surface area contributed by atoms with Crippen LogP contribution < -0.4 is 5.32 Å². The molecule has 2 N–H and O–H groups in total. The van der Waals surface area contributed by atoms with Gasteiger partial charge in [-0.15, -0.1) is 0 Å². The van der Waals surface area contributed by atoms with Gasteiger partial charge in [-0.1, -0.05) is 37.5 Å². The number of aromatic hydroxyl groups is 1. The fraction of sp³-hybridized carbons (Fsp3) is 0.517. The molecule has 3 fully saturated rings. The molecule has 0 bridgehead atoms. The van der Waals surface area contributed by atoms with Gasteiger partial charge in [0.1, 0.15) is 5.75 Å². The number of phenols is 1. The fourth-order valence-corrected chi connectivity index (χ4v) is 6.09. The van der Waals surface area contributed by atoms with E-state index in [0.717, 1.165) is 43.7 Å². The Morgan fingerprint density at radius 1 is 1.08 bits per heavy atom. The number of amides is 2. The van der Waals surface area contributed by atoms with Gasteiger partial charge in [0.2, 0.25) is 5.91 Å². The molecule has 2 aromatic carbocycles. The molecular weight excluding hydrogens is 497 g/mol. The maximum absolute atomic E-state index is 14.0. The van der Waals surface area contributed by atoms with Gasteiger partial charge in [-0.2, -0.15) is 13.2 Å². The van der Waals surface area contributed by atoms with Crippen LogP contribution in [0.4, 0.5) is 13.2 Å². The molecular formula is C29H33F3N2O4. The van der Waals surface area contributed by atoms with Crippen LogP contribution in [0.1, 0.15) is 71.5 Å². The minimum absolute atomic E-state index is 0.0269. The van der Waals surface area contributed by atoms with Gasteiger partial charge >= 0.3 is 6.18 Å². The summed E-state index contributed by atoms with van der Waals surface area (Å²) >= 11 is 0. The summed E-state index contributed by atoms with van der Waals surface area (Å²) < 4.78 is 47.4. The summed E-state index contributed by atoms with van der Waals surface area (Å²) in [5, 5.41) is 12.6. The smallest absolute Gasteiger partial charge is 0.416 e. The number of benzene rings is 2. The van der Waals surface area contributed by atoms with E-state index >= 15 is 0 Å². The molecule has 2 amide bonds. The summed E-state index contributed by atoms with van der Waals surface area (Å²) in [4.78, 5) is 27.8. The van der Waals surface area contributed by atoms with Crippen molar-refractivity contribution in [3.8, 4) is 5.75 Å². The van der Waals surface area contributed by atoms with Crippen LogP contribution in [0, 0.1) is 5.41 Å². The first kappa shape index (κ1) is 26.5. The van der Waals surface area contributed by atoms with E-state index in [9.17, 15) is 27.9 Å². The summed E-state index contributed by atoms with van der Waals surface area (Å²) in [6.07, 6.45) is 0.510. The first-order valence-corrected chi connectivity index (χ1v) is 13.3. The maximum Gasteiger partial charge on any atom is 0.416 e. The largest absolute Gasteiger partial charge is 0.508 e. The Morgan fingerprint density at radius 3 is 2.50 bits per heavy atom. The molecule has 3 aliphatic rings. The number of carbonyl (C=O) groups excluding carboxylic acids is 2. The molecule has 2 heterocycles. The molecule has 2 saturated heterocycles. The molecule has 1 spiro atoms. The van der Waals surface area contributed by atoms with Crippen molar-refractivity contribution in [2.24, 2.45) is 5.41 Å². The van der Waals surface area contributed by atoms with E-state index in [2.05, 4.69) is 5.32 Å². The topological polar surface area (TPSA) is 78.9 Å². The predicted molar refractivity (Wildman–Crippen MR) is 135 cm³/mol. The van der Waals surface area contributed by atoms with Crippen molar-refractivity contribution in [2.75, 3.05) is 26.3 Å². The van der Waals surface area contributed by atoms with E-state index < -0.39 is 29.1 Å². The number of nitrogens with zero attached hydrogens (tertiary/aromatic N) is 1. The summed E-state index contributed by atoms with van der Waals surface area (Å²) in [5.41, 5.74) is -0.0660. The average molecular weight is 531 g/mol. The van der Waals surface area contributed by atoms with E-state index in [-0.39, 0.29) is 41.7 Å². The third kappa shape index (κ3) is 5.53. The minimum Gasteiger partial charge on any atom is -0.508 e. The molecule has 9 heteroatoms. The zero-order chi connectivity index (χ0) is 26.9. The number of nitrogens with one attached hydrogen (secondary N) is 1. The monoisotopic (exact) mass is 530 g/mol. The van der Waals surface area contributed by atoms with Gasteiger partial charge in [0.15, 0.2) is 0 Å². The number of hydrogen-bond acceptors (Lipinski definition) is 4. The van der Waals surface area contributed by atoms with Gasteiger partial charge in [-0.05, 0) is 60.6 Å². The Bertz CT molecular complexity index is 1190. The number of likely N-dealkylation sites (tertiary alicyclic amines) is 1. The summed E-state index contributed by atoms with van der Waals surface area (Å²) in [6, 6.07) is 10.3. The highest BCUT2D eigenvalue weighted by Crippen LogP contribution is 2.42. The second-order valence-corrected chi connectivity index (χ2v) is 11.0. The number of alkyl halides is 3. The van der Waals surface area contributed by atoms with Crippen molar-refractivity contribution in [1.29, 1.82) is 0 Å². The molecule has 6 nitrogen and oxygen atoms in total. The Labute approximate surface area is 220 Å². The lowest BCUT2D eigenvalue weighted by Crippen LogP contribution is -2.57. The van der Waals surface area contributed by atoms with Crippen LogP contribution in [-0.4, -0.2) is 54.2 Å². The van der Waals surface area contributed by atoms with E-state index in [1.807, 2.05) is 6.07 Å². The lowest BCUT2D eigenvalue weighted by Gasteiger charge is -2.42. The Morgan fingerprint density at radius 2 is 1.84 bits per heavy atom. The van der Waals surface area contributed by atoms with Crippen LogP contribution in [0.2, 0.25) is 0 Å². The van der Waals surface area contributed by atoms with Crippen molar-refractivity contribution in [3.63, 3.8) is 0 Å². The van der Waals surface area contributed by atoms with Gasteiger partial charge in [0.25, 0.3) is 5.91 Å². The molecule has 1 unspecified atom stereocenters. The number of aryl methyl sites for hydroxylation is 1. The molecule has 38 heavy (non-hydrogen) atoms. The number of carbonyl (C=O) groups is 2. The molecule has 204 valence electrons. The van der Waals surface area contributed by atoms with Crippen LogP contribution in [0.5, 0.6) is 5.75 Å². The second kappa shape index (κ2) is 10.6. The molecule has 2 aromatic rings. The van der Waals surface area contributed by atoms with Crippen LogP contribution in [-0.2, 0) is 22.1 Å². The van der Waals surface area contributed by atoms with Gasteiger partial charge in [-0.25, -0.2) is 0 Å². The average Bonchev–Trinajstić information content (AvgIpc) is 3.27. The molecule has 0 radical (unpaired) electrons. The highest BCUT2D eigenvalue weighted by atomic mass is 19.4. The lowest BCUT2D eigenvalue weighted by atomic mass is 9.80. The maximum atomic E-state index is 14.0. The van der Waals surface area contributed by atoms with Gasteiger partial charge in [0.05, 0.1) is 30.2 Å². The van der Waals surface area contributed by atoms with E-state index in [4.69, 9.17) is 4.74 Å². The van der Waals surface area contributed by atoms with E-state index in [1.54, 1.807) is 23.1 Å². The summed E-state index contributed by atoms with van der Waals surface area (Å²) in [5.74, 6) is -0.643. The van der Waals surface area contributed by atoms with Crippen molar-refractivity contribution in [3.05, 3.63) is 64.7 Å². The molecule has 5 rings (SSSR count). The van der Waals surface area contributed by atoms with Crippen molar-refractivity contribution >= 4 is 11.8 Å². The third-order valence-corrected chi connectivity index (χ3v) is 8.29. The standard InChI is InChI=1S/C29H33F3N2O4/c30-29(31,32)24-14-21(10-11-23(24)20-6-2-1-3-7-20)27(37)33-25-15-34(16-28(25)17-38-18-28)26(36)12-9-19-5-4-8-22(35)13-19/h4-5,8,10-11,13-14,20,25,35H,1-3,6-7,9,12,15-18H2,(H,33,37). The van der Waals surface area contributed by atoms with Crippen LogP contribution in [0.25, 0.3) is 0 Å². The van der Waals surface area contributed by atoms with Crippen LogP contribution in [0.3, 0.4) is 0 Å². The molecule has 0 aromatic heterocycles. The van der Waals surface area contributed by atoms with Gasteiger partial charge in [-0.3, -0.25) is 9.59 Å². The normalized spacial score (nSPS) is 21.3. The first-order chi connectivity index (χ1) is 18.1. The Hall–Kier alpha value is -3.07. The van der Waals surface area contributed by atoms with Crippen molar-refractivity contribution < 1.29 is 32.6 Å². The zero-order valence-corrected chi connectivity index (χ0v) is 21.2. The van der Waals surface area contributed by atoms with Crippen LogP contribution in [0.15, 0.2) is 42.5 Å². The fourth-order valence-electron chi connectivity index (χ4n) is 6.09. The van der Waals surface area contributed by atoms with Crippen molar-refractivity contribution in [1.82, 2.24) is 10.2 Å². The molecule has 2 aliphatic heterocycles. The van der Waals surface area contributed by atoms with Crippen LogP contribution >= 0.6 is 0 Å². The van der Waals surface area contributed by atoms with Crippen molar-refractivity contribution in [2.45, 2.75) is 63.1 Å². The SMILES string of the molecule is O=C(NC1CN(C(=O)CCc2cccc(O)c2)CC12COC2)c1ccc(C2CCCCC2)c(C(F)(F)F)c1. The summed E-state index contributed by atoms with van der Waals surface area (Å²) in [7, 11) is 0. The number of phenolic OH excluding ortho intramolecular Hbond substituents is 1. The summed E-state index contributed by atoms with van der Waals surface area (Å²) in [6.45, 7) is 1.46. The second-order valence-electron chi connectivity index (χ2n) is 11.0. The Kier molecular flexibility index (Phi) is 7.40. The first-order valence-electron chi connectivity index (χ1n) is 13.3. The lowest BCUT2D eigenvalue weighted by molar-refractivity contribution is -0.138. The highest BCUT2D eigenvalue weighted by Gasteiger charge is 2.53. The predicted octanol–water partition coefficient (Wildman–Crippen LogP) is 5.05. The molecule has 1 atom stereocenters. The quantitative estimate of drug-likeness (QED) is 0.548. The number of rotatable bonds is 6. The Balaban J connectivity index is 1.27. The highest BCUT2D eigenvalue weighted by molar-refractivity contribution is 5.95.